The standard InChI is InChI=1S/C15H20N2O4S/c1-10(15-8-11-5-6-12(15)7-11)16-22(20,21)14-4-2-3-13(9-14)17(18)19/h2-4,9-12,15-16H,5-8H2,1H3/t10-,11+,12+,15-/m1/s1. The molecule has 0 spiro atoms. The molecular formula is C15H20N2O4S. The van der Waals surface area contributed by atoms with Gasteiger partial charge in [0, 0.05) is 18.2 Å². The lowest BCUT2D eigenvalue weighted by Gasteiger charge is -2.28. The highest BCUT2D eigenvalue weighted by Crippen LogP contribution is 2.49. The van der Waals surface area contributed by atoms with Crippen molar-refractivity contribution in [2.24, 2.45) is 17.8 Å². The van der Waals surface area contributed by atoms with Gasteiger partial charge in [-0.25, -0.2) is 13.1 Å². The molecule has 3 rings (SSSR count). The Bertz CT molecular complexity index is 689. The molecular weight excluding hydrogens is 304 g/mol. The quantitative estimate of drug-likeness (QED) is 0.666. The van der Waals surface area contributed by atoms with Crippen LogP contribution in [0.25, 0.3) is 0 Å². The number of nitro benzene ring substituents is 1. The maximum Gasteiger partial charge on any atom is 0.270 e. The molecule has 2 bridgehead atoms. The third-order valence-corrected chi connectivity index (χ3v) is 6.67. The van der Waals surface area contributed by atoms with Gasteiger partial charge in [-0.3, -0.25) is 10.1 Å². The van der Waals surface area contributed by atoms with E-state index in [4.69, 9.17) is 0 Å². The fourth-order valence-electron chi connectivity index (χ4n) is 4.07. The molecule has 1 N–H and O–H groups in total. The first-order valence-corrected chi connectivity index (χ1v) is 9.12. The summed E-state index contributed by atoms with van der Waals surface area (Å²) < 4.78 is 27.6. The number of nitro groups is 1. The van der Waals surface area contributed by atoms with Crippen LogP contribution in [-0.2, 0) is 10.0 Å². The van der Waals surface area contributed by atoms with Crippen LogP contribution in [0.4, 0.5) is 5.69 Å². The minimum Gasteiger partial charge on any atom is -0.258 e. The van der Waals surface area contributed by atoms with Gasteiger partial charge in [-0.2, -0.15) is 0 Å². The molecule has 6 nitrogen and oxygen atoms in total. The van der Waals surface area contributed by atoms with Crippen molar-refractivity contribution in [1.29, 1.82) is 0 Å². The Balaban J connectivity index is 1.76. The van der Waals surface area contributed by atoms with E-state index in [0.29, 0.717) is 11.8 Å². The third-order valence-electron chi connectivity index (χ3n) is 5.11. The van der Waals surface area contributed by atoms with Gasteiger partial charge in [0.15, 0.2) is 0 Å². The van der Waals surface area contributed by atoms with Crippen LogP contribution < -0.4 is 4.72 Å². The minimum atomic E-state index is -3.72. The summed E-state index contributed by atoms with van der Waals surface area (Å²) in [5.74, 6) is 1.75. The first kappa shape index (κ1) is 15.4. The lowest BCUT2D eigenvalue weighted by molar-refractivity contribution is -0.385. The van der Waals surface area contributed by atoms with Gasteiger partial charge >= 0.3 is 0 Å². The molecule has 120 valence electrons. The molecule has 0 amide bonds. The summed E-state index contributed by atoms with van der Waals surface area (Å²) in [7, 11) is -3.72. The summed E-state index contributed by atoms with van der Waals surface area (Å²) in [5.41, 5.74) is -0.213. The van der Waals surface area contributed by atoms with Crippen LogP contribution in [0.2, 0.25) is 0 Å². The molecule has 2 fully saturated rings. The number of nitrogens with zero attached hydrogens (tertiary/aromatic N) is 1. The van der Waals surface area contributed by atoms with E-state index in [9.17, 15) is 18.5 Å². The third kappa shape index (κ3) is 2.87. The van der Waals surface area contributed by atoms with Crippen molar-refractivity contribution in [2.45, 2.75) is 43.5 Å². The summed E-state index contributed by atoms with van der Waals surface area (Å²) in [6.45, 7) is 1.90. The Morgan fingerprint density at radius 1 is 1.32 bits per heavy atom. The molecule has 0 heterocycles. The second kappa shape index (κ2) is 5.62. The van der Waals surface area contributed by atoms with E-state index in [2.05, 4.69) is 4.72 Å². The zero-order chi connectivity index (χ0) is 15.9. The van der Waals surface area contributed by atoms with Gasteiger partial charge in [-0.05, 0) is 50.0 Å². The summed E-state index contributed by atoms with van der Waals surface area (Å²) >= 11 is 0. The van der Waals surface area contributed by atoms with E-state index in [1.165, 1.54) is 37.5 Å². The molecule has 0 aromatic heterocycles. The van der Waals surface area contributed by atoms with Crippen LogP contribution in [0.3, 0.4) is 0 Å². The number of nitrogens with one attached hydrogen (secondary N) is 1. The fraction of sp³-hybridized carbons (Fsp3) is 0.600. The normalized spacial score (nSPS) is 28.7. The Kier molecular flexibility index (Phi) is 3.94. The van der Waals surface area contributed by atoms with Gasteiger partial charge in [0.2, 0.25) is 10.0 Å². The Hall–Kier alpha value is -1.47. The zero-order valence-corrected chi connectivity index (χ0v) is 13.3. The fourth-order valence-corrected chi connectivity index (χ4v) is 5.40. The summed E-state index contributed by atoms with van der Waals surface area (Å²) in [4.78, 5) is 10.2. The van der Waals surface area contributed by atoms with Gasteiger partial charge in [-0.15, -0.1) is 0 Å². The smallest absolute Gasteiger partial charge is 0.258 e. The predicted molar refractivity (Wildman–Crippen MR) is 81.8 cm³/mol. The van der Waals surface area contributed by atoms with E-state index < -0.39 is 14.9 Å². The van der Waals surface area contributed by atoms with Crippen molar-refractivity contribution < 1.29 is 13.3 Å². The van der Waals surface area contributed by atoms with Crippen LogP contribution in [0, 0.1) is 27.9 Å². The van der Waals surface area contributed by atoms with Crippen LogP contribution >= 0.6 is 0 Å². The first-order valence-electron chi connectivity index (χ1n) is 7.63. The van der Waals surface area contributed by atoms with Gasteiger partial charge < -0.3 is 0 Å². The van der Waals surface area contributed by atoms with Gasteiger partial charge in [0.1, 0.15) is 0 Å². The minimum absolute atomic E-state index is 0.0447. The summed E-state index contributed by atoms with van der Waals surface area (Å²) in [6.07, 6.45) is 4.76. The van der Waals surface area contributed by atoms with Crippen molar-refractivity contribution in [2.75, 3.05) is 0 Å². The van der Waals surface area contributed by atoms with Crippen molar-refractivity contribution in [3.8, 4) is 0 Å². The van der Waals surface area contributed by atoms with E-state index in [0.717, 1.165) is 18.4 Å². The van der Waals surface area contributed by atoms with Crippen molar-refractivity contribution in [3.63, 3.8) is 0 Å². The van der Waals surface area contributed by atoms with Gasteiger partial charge in [0.25, 0.3) is 5.69 Å². The number of hydrogen-bond donors (Lipinski definition) is 1. The van der Waals surface area contributed by atoms with E-state index in [1.807, 2.05) is 6.92 Å². The SMILES string of the molecule is C[C@@H](NS(=O)(=O)c1cccc([N+](=O)[O-])c1)[C@H]1C[C@H]2CC[C@H]1C2. The van der Waals surface area contributed by atoms with Crippen LogP contribution in [0.15, 0.2) is 29.2 Å². The summed E-state index contributed by atoms with van der Waals surface area (Å²) in [6, 6.07) is 5.05. The molecule has 2 aliphatic rings. The van der Waals surface area contributed by atoms with Gasteiger partial charge in [0.05, 0.1) is 9.82 Å². The average molecular weight is 324 g/mol. The molecule has 2 aliphatic carbocycles. The second-order valence-corrected chi connectivity index (χ2v) is 8.22. The predicted octanol–water partition coefficient (Wildman–Crippen LogP) is 2.70. The molecule has 22 heavy (non-hydrogen) atoms. The maximum atomic E-state index is 12.4. The van der Waals surface area contributed by atoms with Crippen LogP contribution in [-0.4, -0.2) is 19.4 Å². The highest BCUT2D eigenvalue weighted by atomic mass is 32.2. The highest BCUT2D eigenvalue weighted by molar-refractivity contribution is 7.89. The number of benzene rings is 1. The maximum absolute atomic E-state index is 12.4. The zero-order valence-electron chi connectivity index (χ0n) is 12.4. The topological polar surface area (TPSA) is 89.3 Å². The Labute approximate surface area is 130 Å². The van der Waals surface area contributed by atoms with E-state index in [1.54, 1.807) is 0 Å². The molecule has 7 heteroatoms. The van der Waals surface area contributed by atoms with E-state index in [-0.39, 0.29) is 16.6 Å². The first-order chi connectivity index (χ1) is 10.4. The number of hydrogen-bond acceptors (Lipinski definition) is 4. The molecule has 1 aromatic carbocycles. The van der Waals surface area contributed by atoms with Crippen molar-refractivity contribution >= 4 is 15.7 Å². The molecule has 1 aromatic rings. The number of non-ortho nitro benzene ring substituents is 1. The van der Waals surface area contributed by atoms with Crippen molar-refractivity contribution in [1.82, 2.24) is 4.72 Å². The van der Waals surface area contributed by atoms with Crippen molar-refractivity contribution in [3.05, 3.63) is 34.4 Å². The Morgan fingerprint density at radius 3 is 2.68 bits per heavy atom. The van der Waals surface area contributed by atoms with Crippen LogP contribution in [0.1, 0.15) is 32.6 Å². The molecule has 2 saturated carbocycles. The monoisotopic (exact) mass is 324 g/mol. The highest BCUT2D eigenvalue weighted by Gasteiger charge is 2.42. The lowest BCUT2D eigenvalue weighted by Crippen LogP contribution is -2.40. The Morgan fingerprint density at radius 2 is 2.09 bits per heavy atom. The van der Waals surface area contributed by atoms with Gasteiger partial charge in [-0.1, -0.05) is 12.5 Å². The number of sulfonamides is 1. The largest absolute Gasteiger partial charge is 0.270 e. The number of rotatable bonds is 5. The molecule has 0 saturated heterocycles. The second-order valence-electron chi connectivity index (χ2n) is 6.50. The molecule has 0 aliphatic heterocycles. The molecule has 4 atom stereocenters. The molecule has 0 radical (unpaired) electrons. The number of fused-ring (bicyclic) bond motifs is 2. The molecule has 0 unspecified atom stereocenters. The average Bonchev–Trinajstić information content (AvgIpc) is 3.09. The summed E-state index contributed by atoms with van der Waals surface area (Å²) in [5, 5.41) is 10.8. The van der Waals surface area contributed by atoms with Crippen LogP contribution in [0.5, 0.6) is 0 Å². The lowest BCUT2D eigenvalue weighted by atomic mass is 9.84. The van der Waals surface area contributed by atoms with E-state index >= 15 is 0 Å².